The predicted octanol–water partition coefficient (Wildman–Crippen LogP) is 3.03. The van der Waals surface area contributed by atoms with Gasteiger partial charge in [-0.3, -0.25) is 4.68 Å². The molecule has 3 heteroatoms. The van der Waals surface area contributed by atoms with Gasteiger partial charge in [0.25, 0.3) is 0 Å². The SMILES string of the molecule is Cn1cc(C(N)C2CCC3CCCCC3C2)cn1. The molecule has 100 valence electrons. The molecule has 3 rings (SSSR count). The molecule has 0 aliphatic heterocycles. The Morgan fingerprint density at radius 1 is 1.22 bits per heavy atom. The highest BCUT2D eigenvalue weighted by molar-refractivity contribution is 5.11. The van der Waals surface area contributed by atoms with Crippen LogP contribution in [0.15, 0.2) is 12.4 Å². The van der Waals surface area contributed by atoms with Crippen molar-refractivity contribution in [2.45, 2.75) is 51.0 Å². The van der Waals surface area contributed by atoms with Crippen molar-refractivity contribution in [3.8, 4) is 0 Å². The molecule has 18 heavy (non-hydrogen) atoms. The maximum absolute atomic E-state index is 6.45. The number of aromatic nitrogens is 2. The third kappa shape index (κ3) is 2.33. The maximum Gasteiger partial charge on any atom is 0.0537 e. The Bertz CT molecular complexity index is 398. The predicted molar refractivity (Wildman–Crippen MR) is 72.9 cm³/mol. The largest absolute Gasteiger partial charge is 0.324 e. The van der Waals surface area contributed by atoms with E-state index in [4.69, 9.17) is 5.73 Å². The van der Waals surface area contributed by atoms with Gasteiger partial charge in [-0.2, -0.15) is 5.10 Å². The number of hydrogen-bond acceptors (Lipinski definition) is 2. The lowest BCUT2D eigenvalue weighted by atomic mass is 9.66. The first kappa shape index (κ1) is 12.2. The highest BCUT2D eigenvalue weighted by atomic mass is 15.2. The van der Waals surface area contributed by atoms with Gasteiger partial charge in [0.15, 0.2) is 0 Å². The van der Waals surface area contributed by atoms with Crippen molar-refractivity contribution in [1.82, 2.24) is 9.78 Å². The first-order valence-electron chi connectivity index (χ1n) is 7.48. The van der Waals surface area contributed by atoms with Crippen molar-refractivity contribution in [1.29, 1.82) is 0 Å². The summed E-state index contributed by atoms with van der Waals surface area (Å²) in [6, 6.07) is 0.196. The van der Waals surface area contributed by atoms with Gasteiger partial charge in [-0.1, -0.05) is 25.7 Å². The molecular formula is C15H25N3. The molecule has 0 spiro atoms. The standard InChI is InChI=1S/C15H25N3/c1-18-10-14(9-17-18)15(16)13-7-6-11-4-2-3-5-12(11)8-13/h9-13,15H,2-8,16H2,1H3. The van der Waals surface area contributed by atoms with E-state index in [-0.39, 0.29) is 6.04 Å². The average molecular weight is 247 g/mol. The molecule has 2 saturated carbocycles. The monoisotopic (exact) mass is 247 g/mol. The van der Waals surface area contributed by atoms with E-state index in [1.54, 1.807) is 0 Å². The summed E-state index contributed by atoms with van der Waals surface area (Å²) >= 11 is 0. The Labute approximate surface area is 110 Å². The third-order valence-corrected chi connectivity index (χ3v) is 5.20. The van der Waals surface area contributed by atoms with Gasteiger partial charge < -0.3 is 5.73 Å². The molecule has 1 aromatic rings. The summed E-state index contributed by atoms with van der Waals surface area (Å²) in [5.74, 6) is 2.64. The Hall–Kier alpha value is -0.830. The molecule has 2 N–H and O–H groups in total. The molecule has 2 aliphatic carbocycles. The Kier molecular flexibility index (Phi) is 3.42. The zero-order valence-corrected chi connectivity index (χ0v) is 11.4. The molecule has 4 atom stereocenters. The second-order valence-corrected chi connectivity index (χ2v) is 6.35. The second kappa shape index (κ2) is 5.04. The number of nitrogens with two attached hydrogens (primary N) is 1. The van der Waals surface area contributed by atoms with Crippen LogP contribution in [0.25, 0.3) is 0 Å². The van der Waals surface area contributed by atoms with Gasteiger partial charge in [0, 0.05) is 24.8 Å². The molecule has 0 radical (unpaired) electrons. The van der Waals surface area contributed by atoms with E-state index in [0.29, 0.717) is 5.92 Å². The third-order valence-electron chi connectivity index (χ3n) is 5.20. The van der Waals surface area contributed by atoms with Gasteiger partial charge in [-0.15, -0.1) is 0 Å². The van der Waals surface area contributed by atoms with Crippen LogP contribution in [0.4, 0.5) is 0 Å². The van der Waals surface area contributed by atoms with E-state index in [0.717, 1.165) is 11.8 Å². The van der Waals surface area contributed by atoms with E-state index in [2.05, 4.69) is 11.3 Å². The minimum Gasteiger partial charge on any atom is -0.324 e. The van der Waals surface area contributed by atoms with E-state index in [9.17, 15) is 0 Å². The molecule has 4 unspecified atom stereocenters. The van der Waals surface area contributed by atoms with Crippen LogP contribution in [-0.2, 0) is 7.05 Å². The first-order chi connectivity index (χ1) is 8.74. The summed E-state index contributed by atoms with van der Waals surface area (Å²) in [4.78, 5) is 0. The van der Waals surface area contributed by atoms with Gasteiger partial charge in [-0.05, 0) is 37.0 Å². The number of hydrogen-bond donors (Lipinski definition) is 1. The molecule has 0 bridgehead atoms. The van der Waals surface area contributed by atoms with Crippen LogP contribution in [0.2, 0.25) is 0 Å². The van der Waals surface area contributed by atoms with Crippen molar-refractivity contribution in [2.24, 2.45) is 30.5 Å². The number of aryl methyl sites for hydroxylation is 1. The molecule has 2 fully saturated rings. The van der Waals surface area contributed by atoms with Crippen LogP contribution >= 0.6 is 0 Å². The summed E-state index contributed by atoms with van der Waals surface area (Å²) in [5, 5.41) is 4.25. The van der Waals surface area contributed by atoms with Crippen molar-refractivity contribution in [3.05, 3.63) is 18.0 Å². The van der Waals surface area contributed by atoms with Crippen LogP contribution < -0.4 is 5.73 Å². The van der Waals surface area contributed by atoms with E-state index >= 15 is 0 Å². The van der Waals surface area contributed by atoms with Crippen LogP contribution in [0.5, 0.6) is 0 Å². The Morgan fingerprint density at radius 2 is 2.00 bits per heavy atom. The minimum absolute atomic E-state index is 0.196. The highest BCUT2D eigenvalue weighted by Gasteiger charge is 2.34. The topological polar surface area (TPSA) is 43.8 Å². The normalized spacial score (nSPS) is 34.0. The van der Waals surface area contributed by atoms with Gasteiger partial charge in [-0.25, -0.2) is 0 Å². The highest BCUT2D eigenvalue weighted by Crippen LogP contribution is 2.45. The molecular weight excluding hydrogens is 222 g/mol. The van der Waals surface area contributed by atoms with Crippen molar-refractivity contribution in [2.75, 3.05) is 0 Å². The number of rotatable bonds is 2. The second-order valence-electron chi connectivity index (χ2n) is 6.35. The van der Waals surface area contributed by atoms with Crippen LogP contribution in [0.1, 0.15) is 56.6 Å². The summed E-state index contributed by atoms with van der Waals surface area (Å²) < 4.78 is 1.86. The summed E-state index contributed by atoms with van der Waals surface area (Å²) in [7, 11) is 1.97. The summed E-state index contributed by atoms with van der Waals surface area (Å²) in [6.07, 6.45) is 13.9. The maximum atomic E-state index is 6.45. The molecule has 3 nitrogen and oxygen atoms in total. The van der Waals surface area contributed by atoms with Gasteiger partial charge in [0.2, 0.25) is 0 Å². The van der Waals surface area contributed by atoms with E-state index in [1.165, 1.54) is 50.5 Å². The fourth-order valence-electron chi connectivity index (χ4n) is 4.12. The van der Waals surface area contributed by atoms with Gasteiger partial charge in [0.1, 0.15) is 0 Å². The van der Waals surface area contributed by atoms with E-state index in [1.807, 2.05) is 17.9 Å². The zero-order chi connectivity index (χ0) is 12.5. The Morgan fingerprint density at radius 3 is 2.72 bits per heavy atom. The lowest BCUT2D eigenvalue weighted by Gasteiger charge is -2.41. The molecule has 2 aliphatic rings. The fourth-order valence-corrected chi connectivity index (χ4v) is 4.12. The zero-order valence-electron chi connectivity index (χ0n) is 11.4. The molecule has 0 amide bonds. The quantitative estimate of drug-likeness (QED) is 0.873. The van der Waals surface area contributed by atoms with Crippen molar-refractivity contribution < 1.29 is 0 Å². The molecule has 0 aromatic carbocycles. The van der Waals surface area contributed by atoms with Crippen molar-refractivity contribution in [3.63, 3.8) is 0 Å². The molecule has 1 aromatic heterocycles. The number of nitrogens with zero attached hydrogens (tertiary/aromatic N) is 2. The Balaban J connectivity index is 1.66. The van der Waals surface area contributed by atoms with Gasteiger partial charge >= 0.3 is 0 Å². The lowest BCUT2D eigenvalue weighted by Crippen LogP contribution is -2.32. The minimum atomic E-state index is 0.196. The van der Waals surface area contributed by atoms with Crippen LogP contribution in [0.3, 0.4) is 0 Å². The van der Waals surface area contributed by atoms with Crippen LogP contribution in [0, 0.1) is 17.8 Å². The van der Waals surface area contributed by atoms with Crippen LogP contribution in [-0.4, -0.2) is 9.78 Å². The van der Waals surface area contributed by atoms with Crippen molar-refractivity contribution >= 4 is 0 Å². The first-order valence-corrected chi connectivity index (χ1v) is 7.48. The lowest BCUT2D eigenvalue weighted by molar-refractivity contribution is 0.117. The number of fused-ring (bicyclic) bond motifs is 1. The van der Waals surface area contributed by atoms with E-state index < -0.39 is 0 Å². The summed E-state index contributed by atoms with van der Waals surface area (Å²) in [6.45, 7) is 0. The average Bonchev–Trinajstić information content (AvgIpc) is 2.84. The van der Waals surface area contributed by atoms with Gasteiger partial charge in [0.05, 0.1) is 6.20 Å². The fraction of sp³-hybridized carbons (Fsp3) is 0.800. The molecule has 1 heterocycles. The smallest absolute Gasteiger partial charge is 0.0537 e. The molecule has 0 saturated heterocycles. The summed E-state index contributed by atoms with van der Waals surface area (Å²) in [5.41, 5.74) is 7.67.